The van der Waals surface area contributed by atoms with Crippen LogP contribution in [0.4, 0.5) is 5.82 Å². The van der Waals surface area contributed by atoms with Crippen molar-refractivity contribution < 1.29 is 4.79 Å². The first-order chi connectivity index (χ1) is 10.6. The molecule has 0 aliphatic heterocycles. The van der Waals surface area contributed by atoms with Gasteiger partial charge in [0, 0.05) is 34.9 Å². The number of hydrogen-bond donors (Lipinski definition) is 1. The summed E-state index contributed by atoms with van der Waals surface area (Å²) in [6.07, 6.45) is 1.66. The van der Waals surface area contributed by atoms with Gasteiger partial charge in [-0.15, -0.1) is 0 Å². The number of carbonyl (C=O) groups is 1. The summed E-state index contributed by atoms with van der Waals surface area (Å²) in [5.41, 5.74) is 4.30. The van der Waals surface area contributed by atoms with E-state index < -0.39 is 0 Å². The number of amides is 1. The van der Waals surface area contributed by atoms with E-state index in [1.165, 1.54) is 16.8 Å². The fourth-order valence-corrected chi connectivity index (χ4v) is 2.82. The Morgan fingerprint density at radius 1 is 1.23 bits per heavy atom. The zero-order chi connectivity index (χ0) is 15.7. The predicted molar refractivity (Wildman–Crippen MR) is 89.3 cm³/mol. The Labute approximate surface area is 129 Å². The van der Waals surface area contributed by atoms with E-state index in [1.54, 1.807) is 12.3 Å². The molecule has 1 amide bonds. The molecule has 4 nitrogen and oxygen atoms in total. The van der Waals surface area contributed by atoms with Crippen molar-refractivity contribution in [2.45, 2.75) is 27.3 Å². The maximum Gasteiger partial charge on any atom is 0.256 e. The van der Waals surface area contributed by atoms with Crippen molar-refractivity contribution in [3.63, 3.8) is 0 Å². The lowest BCUT2D eigenvalue weighted by molar-refractivity contribution is 0.102. The second-order valence-electron chi connectivity index (χ2n) is 5.36. The second-order valence-corrected chi connectivity index (χ2v) is 5.36. The fourth-order valence-electron chi connectivity index (χ4n) is 2.82. The lowest BCUT2D eigenvalue weighted by Gasteiger charge is -2.06. The lowest BCUT2D eigenvalue weighted by Crippen LogP contribution is -2.12. The van der Waals surface area contributed by atoms with Crippen LogP contribution in [0.25, 0.3) is 10.9 Å². The van der Waals surface area contributed by atoms with Gasteiger partial charge in [-0.2, -0.15) is 0 Å². The van der Waals surface area contributed by atoms with E-state index in [2.05, 4.69) is 35.6 Å². The maximum absolute atomic E-state index is 12.4. The summed E-state index contributed by atoms with van der Waals surface area (Å²) in [5, 5.41) is 3.95. The highest BCUT2D eigenvalue weighted by atomic mass is 16.1. The molecule has 0 atom stereocenters. The average Bonchev–Trinajstić information content (AvgIpc) is 2.79. The van der Waals surface area contributed by atoms with Gasteiger partial charge in [0.1, 0.15) is 5.82 Å². The van der Waals surface area contributed by atoms with Crippen LogP contribution in [-0.2, 0) is 6.54 Å². The number of pyridine rings is 1. The Bertz CT molecular complexity index is 834. The van der Waals surface area contributed by atoms with Gasteiger partial charge in [0.15, 0.2) is 0 Å². The Kier molecular flexibility index (Phi) is 3.67. The minimum Gasteiger partial charge on any atom is -0.345 e. The molecule has 0 aliphatic rings. The third-order valence-electron chi connectivity index (χ3n) is 4.12. The molecule has 0 radical (unpaired) electrons. The van der Waals surface area contributed by atoms with Gasteiger partial charge in [0.05, 0.1) is 0 Å². The molecule has 0 fully saturated rings. The summed E-state index contributed by atoms with van der Waals surface area (Å²) < 4.78 is 2.27. The van der Waals surface area contributed by atoms with Crippen LogP contribution in [0.15, 0.2) is 42.6 Å². The Hall–Kier alpha value is -2.62. The molecule has 0 saturated heterocycles. The van der Waals surface area contributed by atoms with Crippen LogP contribution in [0.2, 0.25) is 0 Å². The number of nitrogens with zero attached hydrogens (tertiary/aromatic N) is 2. The van der Waals surface area contributed by atoms with Crippen LogP contribution < -0.4 is 5.32 Å². The minimum atomic E-state index is -0.137. The maximum atomic E-state index is 12.4. The van der Waals surface area contributed by atoms with E-state index >= 15 is 0 Å². The monoisotopic (exact) mass is 293 g/mol. The SMILES string of the molecule is CCn1c(C)c(C)c2cc(C(=O)Nc3ccccn3)ccc21. The Morgan fingerprint density at radius 2 is 2.05 bits per heavy atom. The van der Waals surface area contributed by atoms with Crippen LogP contribution in [-0.4, -0.2) is 15.5 Å². The van der Waals surface area contributed by atoms with Crippen LogP contribution in [0.1, 0.15) is 28.5 Å². The normalized spacial score (nSPS) is 10.9. The van der Waals surface area contributed by atoms with Crippen molar-refractivity contribution in [1.82, 2.24) is 9.55 Å². The van der Waals surface area contributed by atoms with E-state index in [4.69, 9.17) is 0 Å². The van der Waals surface area contributed by atoms with Crippen molar-refractivity contribution in [3.8, 4) is 0 Å². The van der Waals surface area contributed by atoms with Gasteiger partial charge in [0.25, 0.3) is 5.91 Å². The number of hydrogen-bond acceptors (Lipinski definition) is 2. The van der Waals surface area contributed by atoms with E-state index in [-0.39, 0.29) is 5.91 Å². The lowest BCUT2D eigenvalue weighted by atomic mass is 10.1. The van der Waals surface area contributed by atoms with Crippen LogP contribution in [0, 0.1) is 13.8 Å². The number of anilines is 1. The molecule has 3 rings (SSSR count). The Morgan fingerprint density at radius 3 is 2.73 bits per heavy atom. The molecule has 2 aromatic heterocycles. The number of aryl methyl sites for hydroxylation is 2. The number of rotatable bonds is 3. The molecule has 22 heavy (non-hydrogen) atoms. The largest absolute Gasteiger partial charge is 0.345 e. The van der Waals surface area contributed by atoms with Crippen molar-refractivity contribution in [1.29, 1.82) is 0 Å². The van der Waals surface area contributed by atoms with E-state index in [1.807, 2.05) is 30.3 Å². The third-order valence-corrected chi connectivity index (χ3v) is 4.12. The highest BCUT2D eigenvalue weighted by Gasteiger charge is 2.13. The van der Waals surface area contributed by atoms with Crippen molar-refractivity contribution in [2.24, 2.45) is 0 Å². The predicted octanol–water partition coefficient (Wildman–Crippen LogP) is 3.93. The van der Waals surface area contributed by atoms with Gasteiger partial charge in [-0.05, 0) is 56.7 Å². The fraction of sp³-hybridized carbons (Fsp3) is 0.222. The van der Waals surface area contributed by atoms with Crippen molar-refractivity contribution >= 4 is 22.6 Å². The van der Waals surface area contributed by atoms with Gasteiger partial charge in [0.2, 0.25) is 0 Å². The van der Waals surface area contributed by atoms with Crippen LogP contribution >= 0.6 is 0 Å². The summed E-state index contributed by atoms with van der Waals surface area (Å²) in [6.45, 7) is 7.28. The number of fused-ring (bicyclic) bond motifs is 1. The third kappa shape index (κ3) is 2.37. The molecule has 2 heterocycles. The smallest absolute Gasteiger partial charge is 0.256 e. The first kappa shape index (κ1) is 14.3. The molecule has 1 N–H and O–H groups in total. The molecular weight excluding hydrogens is 274 g/mol. The molecule has 0 aliphatic carbocycles. The molecule has 1 aromatic carbocycles. The molecule has 3 aromatic rings. The summed E-state index contributed by atoms with van der Waals surface area (Å²) in [7, 11) is 0. The van der Waals surface area contributed by atoms with Gasteiger partial charge in [-0.3, -0.25) is 4.79 Å². The molecular formula is C18H19N3O. The zero-order valence-electron chi connectivity index (χ0n) is 13.1. The van der Waals surface area contributed by atoms with E-state index in [0.29, 0.717) is 11.4 Å². The van der Waals surface area contributed by atoms with Gasteiger partial charge in [-0.25, -0.2) is 4.98 Å². The number of carbonyl (C=O) groups excluding carboxylic acids is 1. The van der Waals surface area contributed by atoms with E-state index in [0.717, 1.165) is 11.9 Å². The number of nitrogens with one attached hydrogen (secondary N) is 1. The molecule has 0 saturated carbocycles. The molecule has 0 spiro atoms. The highest BCUT2D eigenvalue weighted by Crippen LogP contribution is 2.26. The van der Waals surface area contributed by atoms with Crippen LogP contribution in [0.5, 0.6) is 0 Å². The highest BCUT2D eigenvalue weighted by molar-refractivity contribution is 6.06. The van der Waals surface area contributed by atoms with Crippen LogP contribution in [0.3, 0.4) is 0 Å². The quantitative estimate of drug-likeness (QED) is 0.795. The zero-order valence-corrected chi connectivity index (χ0v) is 13.1. The molecule has 0 unspecified atom stereocenters. The van der Waals surface area contributed by atoms with Gasteiger partial charge >= 0.3 is 0 Å². The number of aromatic nitrogens is 2. The second kappa shape index (κ2) is 5.64. The first-order valence-electron chi connectivity index (χ1n) is 7.43. The summed E-state index contributed by atoms with van der Waals surface area (Å²) in [5.74, 6) is 0.425. The van der Waals surface area contributed by atoms with Crippen molar-refractivity contribution in [2.75, 3.05) is 5.32 Å². The molecule has 4 heteroatoms. The summed E-state index contributed by atoms with van der Waals surface area (Å²) in [4.78, 5) is 16.5. The number of benzene rings is 1. The molecule has 0 bridgehead atoms. The standard InChI is InChI=1S/C18H19N3O/c1-4-21-13(3)12(2)15-11-14(8-9-16(15)21)18(22)20-17-7-5-6-10-19-17/h5-11H,4H2,1-3H3,(H,19,20,22). The Balaban J connectivity index is 1.98. The summed E-state index contributed by atoms with van der Waals surface area (Å²) in [6, 6.07) is 11.3. The molecule has 112 valence electrons. The average molecular weight is 293 g/mol. The van der Waals surface area contributed by atoms with Crippen molar-refractivity contribution in [3.05, 3.63) is 59.4 Å². The van der Waals surface area contributed by atoms with Gasteiger partial charge < -0.3 is 9.88 Å². The first-order valence-corrected chi connectivity index (χ1v) is 7.43. The van der Waals surface area contributed by atoms with Gasteiger partial charge in [-0.1, -0.05) is 6.07 Å². The summed E-state index contributed by atoms with van der Waals surface area (Å²) >= 11 is 0. The topological polar surface area (TPSA) is 46.9 Å². The van der Waals surface area contributed by atoms with E-state index in [9.17, 15) is 4.79 Å². The minimum absolute atomic E-state index is 0.137.